The number of nitrogens with zero attached hydrogens (tertiary/aromatic N) is 2. The molecule has 2 aromatic rings. The molecule has 0 bridgehead atoms. The average Bonchev–Trinajstić information content (AvgIpc) is 2.83. The van der Waals surface area contributed by atoms with Crippen molar-refractivity contribution in [3.63, 3.8) is 0 Å². The second-order valence-electron chi connectivity index (χ2n) is 4.57. The first-order valence-corrected chi connectivity index (χ1v) is 6.68. The molecule has 0 saturated carbocycles. The van der Waals surface area contributed by atoms with Crippen LogP contribution in [0.5, 0.6) is 5.75 Å². The van der Waals surface area contributed by atoms with Crippen molar-refractivity contribution in [1.29, 1.82) is 0 Å². The average molecular weight is 259 g/mol. The molecule has 0 atom stereocenters. The van der Waals surface area contributed by atoms with E-state index in [1.807, 2.05) is 29.9 Å². The molecular formula is C15H21N3O. The van der Waals surface area contributed by atoms with Gasteiger partial charge in [0.2, 0.25) is 0 Å². The lowest BCUT2D eigenvalue weighted by molar-refractivity contribution is 0.291. The number of rotatable bonds is 7. The molecular weight excluding hydrogens is 238 g/mol. The molecule has 0 radical (unpaired) electrons. The van der Waals surface area contributed by atoms with Crippen LogP contribution in [0.3, 0.4) is 0 Å². The molecule has 1 heterocycles. The molecule has 1 aromatic carbocycles. The van der Waals surface area contributed by atoms with Crippen LogP contribution in [0.15, 0.2) is 36.7 Å². The first kappa shape index (κ1) is 13.6. The van der Waals surface area contributed by atoms with Gasteiger partial charge in [-0.2, -0.15) is 0 Å². The Morgan fingerprint density at radius 3 is 3.00 bits per heavy atom. The predicted octanol–water partition coefficient (Wildman–Crippen LogP) is 2.50. The Morgan fingerprint density at radius 2 is 2.26 bits per heavy atom. The fraction of sp³-hybridized carbons (Fsp3) is 0.400. The standard InChI is InChI=1S/C15H21N3O/c1-3-7-16-11-13-5-4-6-14(10-13)19-12-15-17-8-9-18(15)2/h4-6,8-10,16H,3,7,11-12H2,1-2H3. The molecule has 0 aliphatic heterocycles. The number of ether oxygens (including phenoxy) is 1. The van der Waals surface area contributed by atoms with Crippen LogP contribution in [-0.2, 0) is 20.2 Å². The minimum atomic E-state index is 0.495. The van der Waals surface area contributed by atoms with Crippen molar-refractivity contribution < 1.29 is 4.74 Å². The van der Waals surface area contributed by atoms with Gasteiger partial charge in [0.25, 0.3) is 0 Å². The van der Waals surface area contributed by atoms with Gasteiger partial charge < -0.3 is 14.6 Å². The third kappa shape index (κ3) is 4.10. The number of aryl methyl sites for hydroxylation is 1. The van der Waals surface area contributed by atoms with Crippen molar-refractivity contribution in [2.45, 2.75) is 26.5 Å². The molecule has 0 spiro atoms. The lowest BCUT2D eigenvalue weighted by Gasteiger charge is -2.08. The minimum Gasteiger partial charge on any atom is -0.486 e. The summed E-state index contributed by atoms with van der Waals surface area (Å²) in [4.78, 5) is 4.24. The van der Waals surface area contributed by atoms with Gasteiger partial charge in [-0.1, -0.05) is 19.1 Å². The van der Waals surface area contributed by atoms with Gasteiger partial charge in [0, 0.05) is 26.0 Å². The van der Waals surface area contributed by atoms with Crippen molar-refractivity contribution >= 4 is 0 Å². The lowest BCUT2D eigenvalue weighted by atomic mass is 10.2. The molecule has 2 rings (SSSR count). The molecule has 0 aliphatic rings. The summed E-state index contributed by atoms with van der Waals surface area (Å²) in [6, 6.07) is 8.19. The van der Waals surface area contributed by atoms with Gasteiger partial charge in [-0.25, -0.2) is 4.98 Å². The number of benzene rings is 1. The Morgan fingerprint density at radius 1 is 1.37 bits per heavy atom. The zero-order valence-electron chi connectivity index (χ0n) is 11.6. The fourth-order valence-corrected chi connectivity index (χ4v) is 1.84. The first-order chi connectivity index (χ1) is 9.29. The maximum Gasteiger partial charge on any atom is 0.146 e. The summed E-state index contributed by atoms with van der Waals surface area (Å²) < 4.78 is 7.73. The summed E-state index contributed by atoms with van der Waals surface area (Å²) in [6.07, 6.45) is 4.85. The van der Waals surface area contributed by atoms with Crippen LogP contribution >= 0.6 is 0 Å². The smallest absolute Gasteiger partial charge is 0.146 e. The van der Waals surface area contributed by atoms with Crippen LogP contribution in [0.4, 0.5) is 0 Å². The van der Waals surface area contributed by atoms with E-state index in [4.69, 9.17) is 4.74 Å². The van der Waals surface area contributed by atoms with Crippen LogP contribution in [0, 0.1) is 0 Å². The summed E-state index contributed by atoms with van der Waals surface area (Å²) in [7, 11) is 1.97. The normalized spacial score (nSPS) is 10.6. The van der Waals surface area contributed by atoms with Crippen molar-refractivity contribution in [2.24, 2.45) is 7.05 Å². The quantitative estimate of drug-likeness (QED) is 0.776. The number of aromatic nitrogens is 2. The maximum absolute atomic E-state index is 5.77. The SMILES string of the molecule is CCCNCc1cccc(OCc2nccn2C)c1. The Labute approximate surface area is 114 Å². The molecule has 0 saturated heterocycles. The molecule has 4 nitrogen and oxygen atoms in total. The molecule has 19 heavy (non-hydrogen) atoms. The number of imidazole rings is 1. The maximum atomic E-state index is 5.77. The Balaban J connectivity index is 1.90. The highest BCUT2D eigenvalue weighted by Crippen LogP contribution is 2.14. The third-order valence-electron chi connectivity index (χ3n) is 2.94. The van der Waals surface area contributed by atoms with Crippen molar-refractivity contribution in [3.05, 3.63) is 48.0 Å². The molecule has 1 aromatic heterocycles. The zero-order valence-corrected chi connectivity index (χ0v) is 11.6. The van der Waals surface area contributed by atoms with Crippen LogP contribution in [0.1, 0.15) is 24.7 Å². The second kappa shape index (κ2) is 6.95. The summed E-state index contributed by atoms with van der Waals surface area (Å²) in [6.45, 7) is 4.58. The van der Waals surface area contributed by atoms with E-state index < -0.39 is 0 Å². The van der Waals surface area contributed by atoms with E-state index in [9.17, 15) is 0 Å². The monoisotopic (exact) mass is 259 g/mol. The van der Waals surface area contributed by atoms with Crippen molar-refractivity contribution in [2.75, 3.05) is 6.54 Å². The van der Waals surface area contributed by atoms with E-state index >= 15 is 0 Å². The van der Waals surface area contributed by atoms with Crippen LogP contribution in [-0.4, -0.2) is 16.1 Å². The fourth-order valence-electron chi connectivity index (χ4n) is 1.84. The summed E-state index contributed by atoms with van der Waals surface area (Å²) in [5.74, 6) is 1.81. The molecule has 0 unspecified atom stereocenters. The predicted molar refractivity (Wildman–Crippen MR) is 76.0 cm³/mol. The molecule has 0 amide bonds. The number of hydrogen-bond donors (Lipinski definition) is 1. The van der Waals surface area contributed by atoms with Crippen molar-refractivity contribution in [3.8, 4) is 5.75 Å². The number of hydrogen-bond acceptors (Lipinski definition) is 3. The summed E-state index contributed by atoms with van der Waals surface area (Å²) >= 11 is 0. The highest BCUT2D eigenvalue weighted by molar-refractivity contribution is 5.28. The van der Waals surface area contributed by atoms with Gasteiger partial charge in [0.05, 0.1) is 0 Å². The second-order valence-corrected chi connectivity index (χ2v) is 4.57. The number of nitrogens with one attached hydrogen (secondary N) is 1. The highest BCUT2D eigenvalue weighted by Gasteiger charge is 2.01. The molecule has 102 valence electrons. The molecule has 0 aliphatic carbocycles. The van der Waals surface area contributed by atoms with Gasteiger partial charge in [-0.3, -0.25) is 0 Å². The van der Waals surface area contributed by atoms with E-state index in [-0.39, 0.29) is 0 Å². The van der Waals surface area contributed by atoms with Crippen LogP contribution in [0.25, 0.3) is 0 Å². The van der Waals surface area contributed by atoms with Crippen LogP contribution < -0.4 is 10.1 Å². The molecule has 1 N–H and O–H groups in total. The lowest BCUT2D eigenvalue weighted by Crippen LogP contribution is -2.13. The molecule has 0 fully saturated rings. The first-order valence-electron chi connectivity index (χ1n) is 6.68. The van der Waals surface area contributed by atoms with Gasteiger partial charge in [-0.15, -0.1) is 0 Å². The Hall–Kier alpha value is -1.81. The zero-order chi connectivity index (χ0) is 13.5. The largest absolute Gasteiger partial charge is 0.486 e. The van der Waals surface area contributed by atoms with Gasteiger partial charge in [-0.05, 0) is 30.7 Å². The van der Waals surface area contributed by atoms with E-state index in [1.54, 1.807) is 6.20 Å². The van der Waals surface area contributed by atoms with Gasteiger partial charge >= 0.3 is 0 Å². The highest BCUT2D eigenvalue weighted by atomic mass is 16.5. The van der Waals surface area contributed by atoms with E-state index in [1.165, 1.54) is 5.56 Å². The minimum absolute atomic E-state index is 0.495. The molecule has 4 heteroatoms. The topological polar surface area (TPSA) is 39.1 Å². The Bertz CT molecular complexity index is 508. The van der Waals surface area contributed by atoms with Gasteiger partial charge in [0.15, 0.2) is 0 Å². The summed E-state index contributed by atoms with van der Waals surface area (Å²) in [5.41, 5.74) is 1.24. The van der Waals surface area contributed by atoms with E-state index in [2.05, 4.69) is 29.4 Å². The van der Waals surface area contributed by atoms with E-state index in [0.29, 0.717) is 6.61 Å². The van der Waals surface area contributed by atoms with Crippen molar-refractivity contribution in [1.82, 2.24) is 14.9 Å². The Kier molecular flexibility index (Phi) is 4.98. The third-order valence-corrected chi connectivity index (χ3v) is 2.94. The van der Waals surface area contributed by atoms with Crippen LogP contribution in [0.2, 0.25) is 0 Å². The van der Waals surface area contributed by atoms with Gasteiger partial charge in [0.1, 0.15) is 18.2 Å². The van der Waals surface area contributed by atoms with E-state index in [0.717, 1.165) is 31.1 Å². The summed E-state index contributed by atoms with van der Waals surface area (Å²) in [5, 5.41) is 3.39.